The lowest BCUT2D eigenvalue weighted by atomic mass is 9.89. The van der Waals surface area contributed by atoms with Crippen molar-refractivity contribution >= 4 is 16.9 Å². The SMILES string of the molecule is COc1ccc(OC)c(C(C)NC(=O)CN2CCC(c3c[nH]c4ncccc34)CC2)c1. The van der Waals surface area contributed by atoms with Crippen molar-refractivity contribution < 1.29 is 14.3 Å². The summed E-state index contributed by atoms with van der Waals surface area (Å²) in [4.78, 5) is 22.6. The van der Waals surface area contributed by atoms with Gasteiger partial charge in [-0.2, -0.15) is 0 Å². The summed E-state index contributed by atoms with van der Waals surface area (Å²) in [6, 6.07) is 9.56. The zero-order valence-electron chi connectivity index (χ0n) is 18.4. The van der Waals surface area contributed by atoms with Crippen molar-refractivity contribution in [1.29, 1.82) is 0 Å². The fraction of sp³-hybridized carbons (Fsp3) is 0.417. The molecule has 1 saturated heterocycles. The van der Waals surface area contributed by atoms with Gasteiger partial charge in [0, 0.05) is 23.3 Å². The number of aromatic amines is 1. The van der Waals surface area contributed by atoms with Crippen LogP contribution in [0.25, 0.3) is 11.0 Å². The molecular weight excluding hydrogens is 392 g/mol. The molecule has 2 N–H and O–H groups in total. The maximum atomic E-state index is 12.7. The van der Waals surface area contributed by atoms with E-state index in [1.54, 1.807) is 14.2 Å². The van der Waals surface area contributed by atoms with E-state index in [2.05, 4.69) is 32.4 Å². The Labute approximate surface area is 182 Å². The Kier molecular flexibility index (Phi) is 6.42. The van der Waals surface area contributed by atoms with E-state index < -0.39 is 0 Å². The third-order valence-electron chi connectivity index (χ3n) is 6.16. The van der Waals surface area contributed by atoms with Gasteiger partial charge in [-0.15, -0.1) is 0 Å². The number of aromatic nitrogens is 2. The highest BCUT2D eigenvalue weighted by molar-refractivity contribution is 5.80. The number of nitrogens with zero attached hydrogens (tertiary/aromatic N) is 2. The molecule has 1 aliphatic heterocycles. The summed E-state index contributed by atoms with van der Waals surface area (Å²) in [5, 5.41) is 4.31. The second kappa shape index (κ2) is 9.39. The van der Waals surface area contributed by atoms with E-state index >= 15 is 0 Å². The van der Waals surface area contributed by atoms with Gasteiger partial charge in [-0.1, -0.05) is 0 Å². The fourth-order valence-corrected chi connectivity index (χ4v) is 4.46. The Hall–Kier alpha value is -3.06. The van der Waals surface area contributed by atoms with Gasteiger partial charge in [0.15, 0.2) is 0 Å². The van der Waals surface area contributed by atoms with Crippen LogP contribution in [0.5, 0.6) is 11.5 Å². The number of likely N-dealkylation sites (tertiary alicyclic amines) is 1. The lowest BCUT2D eigenvalue weighted by molar-refractivity contribution is -0.123. The maximum Gasteiger partial charge on any atom is 0.234 e. The number of amides is 1. The van der Waals surface area contributed by atoms with Gasteiger partial charge in [0.05, 0.1) is 26.8 Å². The van der Waals surface area contributed by atoms with E-state index in [0.717, 1.165) is 48.6 Å². The number of ether oxygens (including phenoxy) is 2. The molecule has 4 rings (SSSR count). The van der Waals surface area contributed by atoms with Gasteiger partial charge in [-0.3, -0.25) is 9.69 Å². The van der Waals surface area contributed by atoms with Gasteiger partial charge >= 0.3 is 0 Å². The number of methoxy groups -OCH3 is 2. The molecular formula is C24H30N4O3. The van der Waals surface area contributed by atoms with Gasteiger partial charge in [0.25, 0.3) is 0 Å². The van der Waals surface area contributed by atoms with Crippen LogP contribution in [-0.2, 0) is 4.79 Å². The average Bonchev–Trinajstić information content (AvgIpc) is 3.23. The monoisotopic (exact) mass is 422 g/mol. The topological polar surface area (TPSA) is 79.5 Å². The summed E-state index contributed by atoms with van der Waals surface area (Å²) in [7, 11) is 3.26. The van der Waals surface area contributed by atoms with Crippen molar-refractivity contribution in [3.05, 3.63) is 53.9 Å². The number of carbonyl (C=O) groups excluding carboxylic acids is 1. The van der Waals surface area contributed by atoms with Crippen molar-refractivity contribution in [2.45, 2.75) is 31.7 Å². The Bertz CT molecular complexity index is 1040. The number of carbonyl (C=O) groups is 1. The predicted octanol–water partition coefficient (Wildman–Crippen LogP) is 3.64. The number of fused-ring (bicyclic) bond motifs is 1. The first-order valence-corrected chi connectivity index (χ1v) is 10.7. The molecule has 2 aromatic heterocycles. The average molecular weight is 423 g/mol. The van der Waals surface area contributed by atoms with Gasteiger partial charge in [-0.25, -0.2) is 4.98 Å². The van der Waals surface area contributed by atoms with Crippen LogP contribution < -0.4 is 14.8 Å². The standard InChI is InChI=1S/C24H30N4O3/c1-16(20-13-18(30-2)6-7-22(20)31-3)27-23(29)15-28-11-8-17(9-12-28)21-14-26-24-19(21)5-4-10-25-24/h4-7,10,13-14,16-17H,8-9,11-12,15H2,1-3H3,(H,25,26)(H,27,29). The lowest BCUT2D eigenvalue weighted by Gasteiger charge is -2.31. The Morgan fingerprint density at radius 3 is 2.81 bits per heavy atom. The number of H-pyrrole nitrogens is 1. The molecule has 0 saturated carbocycles. The maximum absolute atomic E-state index is 12.7. The van der Waals surface area contributed by atoms with Crippen molar-refractivity contribution in [2.24, 2.45) is 0 Å². The van der Waals surface area contributed by atoms with Gasteiger partial charge in [-0.05, 0) is 74.7 Å². The first kappa shape index (κ1) is 21.2. The summed E-state index contributed by atoms with van der Waals surface area (Å²) in [5.41, 5.74) is 3.19. The summed E-state index contributed by atoms with van der Waals surface area (Å²) in [6.07, 6.45) is 5.97. The zero-order chi connectivity index (χ0) is 21.8. The number of pyridine rings is 1. The van der Waals surface area contributed by atoms with Crippen molar-refractivity contribution in [2.75, 3.05) is 33.9 Å². The summed E-state index contributed by atoms with van der Waals surface area (Å²) < 4.78 is 10.8. The highest BCUT2D eigenvalue weighted by atomic mass is 16.5. The van der Waals surface area contributed by atoms with Gasteiger partial charge < -0.3 is 19.8 Å². The number of hydrogen-bond acceptors (Lipinski definition) is 5. The van der Waals surface area contributed by atoms with Crippen LogP contribution in [0.4, 0.5) is 0 Å². The molecule has 1 unspecified atom stereocenters. The van der Waals surface area contributed by atoms with Gasteiger partial charge in [0.1, 0.15) is 17.1 Å². The molecule has 0 spiro atoms. The van der Waals surface area contributed by atoms with Crippen LogP contribution >= 0.6 is 0 Å². The van der Waals surface area contributed by atoms with Crippen LogP contribution in [0.3, 0.4) is 0 Å². The molecule has 164 valence electrons. The summed E-state index contributed by atoms with van der Waals surface area (Å²) in [6.45, 7) is 4.18. The highest BCUT2D eigenvalue weighted by Crippen LogP contribution is 2.33. The number of nitrogens with one attached hydrogen (secondary N) is 2. The molecule has 3 heterocycles. The van der Waals surface area contributed by atoms with Crippen molar-refractivity contribution in [3.8, 4) is 11.5 Å². The van der Waals surface area contributed by atoms with E-state index in [4.69, 9.17) is 9.47 Å². The molecule has 0 aliphatic carbocycles. The van der Waals surface area contributed by atoms with Crippen LogP contribution in [-0.4, -0.2) is 54.6 Å². The van der Waals surface area contributed by atoms with Crippen molar-refractivity contribution in [3.63, 3.8) is 0 Å². The lowest BCUT2D eigenvalue weighted by Crippen LogP contribution is -2.41. The number of benzene rings is 1. The Morgan fingerprint density at radius 2 is 2.06 bits per heavy atom. The predicted molar refractivity (Wildman–Crippen MR) is 121 cm³/mol. The van der Waals surface area contributed by atoms with Crippen LogP contribution in [0.15, 0.2) is 42.7 Å². The zero-order valence-corrected chi connectivity index (χ0v) is 18.4. The molecule has 7 nitrogen and oxygen atoms in total. The third kappa shape index (κ3) is 4.66. The molecule has 1 atom stereocenters. The minimum atomic E-state index is -0.172. The number of piperidine rings is 1. The molecule has 1 amide bonds. The fourth-order valence-electron chi connectivity index (χ4n) is 4.46. The number of rotatable bonds is 7. The Balaban J connectivity index is 1.32. The molecule has 3 aromatic rings. The highest BCUT2D eigenvalue weighted by Gasteiger charge is 2.25. The Morgan fingerprint density at radius 1 is 1.26 bits per heavy atom. The molecule has 0 bridgehead atoms. The van der Waals surface area contributed by atoms with E-state index in [-0.39, 0.29) is 11.9 Å². The van der Waals surface area contributed by atoms with Crippen LogP contribution in [0.1, 0.15) is 42.9 Å². The van der Waals surface area contributed by atoms with Crippen LogP contribution in [0.2, 0.25) is 0 Å². The smallest absolute Gasteiger partial charge is 0.234 e. The number of hydrogen-bond donors (Lipinski definition) is 2. The van der Waals surface area contributed by atoms with E-state index in [1.807, 2.05) is 37.4 Å². The van der Waals surface area contributed by atoms with E-state index in [1.165, 1.54) is 10.9 Å². The van der Waals surface area contributed by atoms with Crippen LogP contribution in [0, 0.1) is 0 Å². The van der Waals surface area contributed by atoms with Gasteiger partial charge in [0.2, 0.25) is 5.91 Å². The molecule has 0 radical (unpaired) electrons. The second-order valence-electron chi connectivity index (χ2n) is 8.09. The minimum absolute atomic E-state index is 0.0205. The summed E-state index contributed by atoms with van der Waals surface area (Å²) in [5.74, 6) is 2.00. The molecule has 1 aliphatic rings. The van der Waals surface area contributed by atoms with E-state index in [0.29, 0.717) is 12.5 Å². The van der Waals surface area contributed by atoms with Crippen molar-refractivity contribution in [1.82, 2.24) is 20.2 Å². The molecule has 1 aromatic carbocycles. The quantitative estimate of drug-likeness (QED) is 0.608. The van der Waals surface area contributed by atoms with E-state index in [9.17, 15) is 4.79 Å². The third-order valence-corrected chi connectivity index (χ3v) is 6.16. The first-order chi connectivity index (χ1) is 15.1. The minimum Gasteiger partial charge on any atom is -0.497 e. The summed E-state index contributed by atoms with van der Waals surface area (Å²) >= 11 is 0. The molecule has 1 fully saturated rings. The first-order valence-electron chi connectivity index (χ1n) is 10.7. The second-order valence-corrected chi connectivity index (χ2v) is 8.09. The normalized spacial score (nSPS) is 16.2. The molecule has 7 heteroatoms. The largest absolute Gasteiger partial charge is 0.497 e. The molecule has 31 heavy (non-hydrogen) atoms.